The van der Waals surface area contributed by atoms with Crippen LogP contribution in [-0.4, -0.2) is 19.0 Å². The number of anilines is 1. The van der Waals surface area contributed by atoms with Crippen LogP contribution in [0.2, 0.25) is 0 Å². The van der Waals surface area contributed by atoms with E-state index in [0.717, 1.165) is 16.8 Å². The number of benzene rings is 1. The van der Waals surface area contributed by atoms with Crippen LogP contribution in [0, 0.1) is 0 Å². The first kappa shape index (κ1) is 11.6. The summed E-state index contributed by atoms with van der Waals surface area (Å²) >= 11 is 0. The molecular weight excluding hydrogens is 218 g/mol. The Labute approximate surface area is 100.0 Å². The van der Waals surface area contributed by atoms with Crippen molar-refractivity contribution in [1.29, 1.82) is 0 Å². The molecule has 1 aliphatic rings. The van der Waals surface area contributed by atoms with Crippen molar-refractivity contribution in [2.45, 2.75) is 25.7 Å². The topological polar surface area (TPSA) is 55.4 Å². The summed E-state index contributed by atoms with van der Waals surface area (Å²) in [4.78, 5) is 22.8. The lowest BCUT2D eigenvalue weighted by Gasteiger charge is -2.13. The molecule has 1 unspecified atom stereocenters. The van der Waals surface area contributed by atoms with Crippen molar-refractivity contribution in [3.8, 4) is 0 Å². The molecule has 1 amide bonds. The minimum Gasteiger partial charge on any atom is -0.469 e. The van der Waals surface area contributed by atoms with Crippen molar-refractivity contribution in [1.82, 2.24) is 0 Å². The quantitative estimate of drug-likeness (QED) is 0.810. The molecule has 90 valence electrons. The summed E-state index contributed by atoms with van der Waals surface area (Å²) in [7, 11) is 1.39. The van der Waals surface area contributed by atoms with Crippen molar-refractivity contribution in [3.63, 3.8) is 0 Å². The zero-order valence-electron chi connectivity index (χ0n) is 9.95. The average molecular weight is 233 g/mol. The molecule has 1 aromatic carbocycles. The Morgan fingerprint density at radius 3 is 2.94 bits per heavy atom. The molecule has 0 bridgehead atoms. The summed E-state index contributed by atoms with van der Waals surface area (Å²) in [6.07, 6.45) is 1.08. The van der Waals surface area contributed by atoms with Gasteiger partial charge in [0.05, 0.1) is 19.4 Å². The zero-order valence-corrected chi connectivity index (χ0v) is 9.95. The number of hydrogen-bond acceptors (Lipinski definition) is 3. The summed E-state index contributed by atoms with van der Waals surface area (Å²) in [5, 5.41) is 2.77. The number of rotatable bonds is 3. The fraction of sp³-hybridized carbons (Fsp3) is 0.385. The van der Waals surface area contributed by atoms with Gasteiger partial charge < -0.3 is 10.1 Å². The summed E-state index contributed by atoms with van der Waals surface area (Å²) in [6, 6.07) is 5.63. The molecular formula is C13H15NO3. The fourth-order valence-electron chi connectivity index (χ4n) is 2.15. The predicted octanol–water partition coefficient (Wildman–Crippen LogP) is 1.85. The maximum atomic E-state index is 11.6. The summed E-state index contributed by atoms with van der Waals surface area (Å²) in [6.45, 7) is 1.94. The molecule has 1 heterocycles. The van der Waals surface area contributed by atoms with E-state index in [9.17, 15) is 9.59 Å². The van der Waals surface area contributed by atoms with E-state index in [1.165, 1.54) is 7.11 Å². The van der Waals surface area contributed by atoms with E-state index in [4.69, 9.17) is 4.74 Å². The standard InChI is InChI=1S/C13H15NO3/c1-3-10(13(16)17-2)8-4-5-11-9(6-8)7-12(15)14-11/h4-6,10H,3,7H2,1-2H3,(H,14,15). The van der Waals surface area contributed by atoms with E-state index in [0.29, 0.717) is 12.8 Å². The van der Waals surface area contributed by atoms with Crippen LogP contribution in [0.25, 0.3) is 0 Å². The SMILES string of the molecule is CCC(C(=O)OC)c1ccc2c(c1)CC(=O)N2. The molecule has 0 saturated heterocycles. The second-order valence-electron chi connectivity index (χ2n) is 4.13. The highest BCUT2D eigenvalue weighted by molar-refractivity contribution is 5.99. The van der Waals surface area contributed by atoms with E-state index < -0.39 is 0 Å². The highest BCUT2D eigenvalue weighted by atomic mass is 16.5. The molecule has 1 atom stereocenters. The van der Waals surface area contributed by atoms with Gasteiger partial charge in [-0.3, -0.25) is 9.59 Å². The first-order valence-electron chi connectivity index (χ1n) is 5.66. The van der Waals surface area contributed by atoms with Gasteiger partial charge in [0.25, 0.3) is 0 Å². The third kappa shape index (κ3) is 2.16. The fourth-order valence-corrected chi connectivity index (χ4v) is 2.15. The van der Waals surface area contributed by atoms with Crippen molar-refractivity contribution in [3.05, 3.63) is 29.3 Å². The Morgan fingerprint density at radius 2 is 2.29 bits per heavy atom. The van der Waals surface area contributed by atoms with Crippen LogP contribution in [0.3, 0.4) is 0 Å². The van der Waals surface area contributed by atoms with Gasteiger partial charge in [-0.2, -0.15) is 0 Å². The number of fused-ring (bicyclic) bond motifs is 1. The van der Waals surface area contributed by atoms with Gasteiger partial charge in [-0.1, -0.05) is 19.1 Å². The minimum absolute atomic E-state index is 0.00302. The maximum absolute atomic E-state index is 11.6. The molecule has 1 N–H and O–H groups in total. The van der Waals surface area contributed by atoms with E-state index >= 15 is 0 Å². The minimum atomic E-state index is -0.249. The van der Waals surface area contributed by atoms with Gasteiger partial charge in [0, 0.05) is 5.69 Å². The molecule has 4 heteroatoms. The lowest BCUT2D eigenvalue weighted by molar-refractivity contribution is -0.142. The van der Waals surface area contributed by atoms with Crippen molar-refractivity contribution in [2.24, 2.45) is 0 Å². The molecule has 0 saturated carbocycles. The number of carbonyl (C=O) groups is 2. The monoisotopic (exact) mass is 233 g/mol. The normalized spacial score (nSPS) is 15.1. The Kier molecular flexibility index (Phi) is 3.13. The number of methoxy groups -OCH3 is 1. The second-order valence-corrected chi connectivity index (χ2v) is 4.13. The molecule has 0 spiro atoms. The Balaban J connectivity index is 2.31. The Hall–Kier alpha value is -1.84. The van der Waals surface area contributed by atoms with E-state index in [-0.39, 0.29) is 17.8 Å². The van der Waals surface area contributed by atoms with Gasteiger partial charge in [0.2, 0.25) is 5.91 Å². The van der Waals surface area contributed by atoms with Crippen molar-refractivity contribution in [2.75, 3.05) is 12.4 Å². The lowest BCUT2D eigenvalue weighted by Crippen LogP contribution is -2.13. The number of hydrogen-bond donors (Lipinski definition) is 1. The van der Waals surface area contributed by atoms with Crippen molar-refractivity contribution >= 4 is 17.6 Å². The molecule has 0 radical (unpaired) electrons. The van der Waals surface area contributed by atoms with E-state index in [1.807, 2.05) is 25.1 Å². The van der Waals surface area contributed by atoms with Crippen LogP contribution in [0.5, 0.6) is 0 Å². The predicted molar refractivity (Wildman–Crippen MR) is 63.8 cm³/mol. The van der Waals surface area contributed by atoms with Crippen LogP contribution >= 0.6 is 0 Å². The number of ether oxygens (including phenoxy) is 1. The van der Waals surface area contributed by atoms with Gasteiger partial charge in [-0.05, 0) is 23.6 Å². The molecule has 2 rings (SSSR count). The summed E-state index contributed by atoms with van der Waals surface area (Å²) < 4.78 is 4.78. The van der Waals surface area contributed by atoms with Gasteiger partial charge in [0.15, 0.2) is 0 Å². The smallest absolute Gasteiger partial charge is 0.313 e. The molecule has 0 aliphatic carbocycles. The molecule has 4 nitrogen and oxygen atoms in total. The number of amides is 1. The largest absolute Gasteiger partial charge is 0.469 e. The third-order valence-corrected chi connectivity index (χ3v) is 3.05. The number of carbonyl (C=O) groups excluding carboxylic acids is 2. The van der Waals surface area contributed by atoms with Gasteiger partial charge in [-0.15, -0.1) is 0 Å². The van der Waals surface area contributed by atoms with Crippen LogP contribution < -0.4 is 5.32 Å². The van der Waals surface area contributed by atoms with Gasteiger partial charge in [0.1, 0.15) is 0 Å². The van der Waals surface area contributed by atoms with Gasteiger partial charge >= 0.3 is 5.97 Å². The van der Waals surface area contributed by atoms with Crippen LogP contribution in [-0.2, 0) is 20.7 Å². The highest BCUT2D eigenvalue weighted by Crippen LogP contribution is 2.29. The van der Waals surface area contributed by atoms with Crippen LogP contribution in [0.15, 0.2) is 18.2 Å². The number of nitrogens with one attached hydrogen (secondary N) is 1. The number of esters is 1. The maximum Gasteiger partial charge on any atom is 0.313 e. The summed E-state index contributed by atoms with van der Waals surface area (Å²) in [5.74, 6) is -0.478. The van der Waals surface area contributed by atoms with Crippen LogP contribution in [0.4, 0.5) is 5.69 Å². The van der Waals surface area contributed by atoms with Crippen LogP contribution in [0.1, 0.15) is 30.4 Å². The molecule has 1 aliphatic heterocycles. The van der Waals surface area contributed by atoms with E-state index in [2.05, 4.69) is 5.32 Å². The van der Waals surface area contributed by atoms with E-state index in [1.54, 1.807) is 0 Å². The lowest BCUT2D eigenvalue weighted by atomic mass is 9.94. The van der Waals surface area contributed by atoms with Crippen molar-refractivity contribution < 1.29 is 14.3 Å². The Morgan fingerprint density at radius 1 is 1.53 bits per heavy atom. The zero-order chi connectivity index (χ0) is 12.4. The first-order valence-corrected chi connectivity index (χ1v) is 5.66. The second kappa shape index (κ2) is 4.57. The molecule has 1 aromatic rings. The first-order chi connectivity index (χ1) is 8.15. The molecule has 0 aromatic heterocycles. The average Bonchev–Trinajstić information content (AvgIpc) is 2.69. The molecule has 17 heavy (non-hydrogen) atoms. The third-order valence-electron chi connectivity index (χ3n) is 3.05. The highest BCUT2D eigenvalue weighted by Gasteiger charge is 2.23. The summed E-state index contributed by atoms with van der Waals surface area (Å²) in [5.41, 5.74) is 2.71. The Bertz CT molecular complexity index is 468. The molecule has 0 fully saturated rings. The van der Waals surface area contributed by atoms with Gasteiger partial charge in [-0.25, -0.2) is 0 Å².